The fraction of sp³-hybridized carbons (Fsp3) is 0.160. The van der Waals surface area contributed by atoms with Gasteiger partial charge in [-0.15, -0.1) is 0 Å². The Bertz CT molecular complexity index is 2480. The third-order valence-electron chi connectivity index (χ3n) is 11.9. The summed E-state index contributed by atoms with van der Waals surface area (Å²) < 4.78 is 0. The minimum Gasteiger partial charge on any atom is -0.310 e. The summed E-state index contributed by atoms with van der Waals surface area (Å²) in [5.41, 5.74) is 22.0. The molecule has 0 amide bonds. The van der Waals surface area contributed by atoms with Crippen molar-refractivity contribution in [3.63, 3.8) is 0 Å². The van der Waals surface area contributed by atoms with Gasteiger partial charge in [0.25, 0.3) is 0 Å². The van der Waals surface area contributed by atoms with Gasteiger partial charge in [-0.05, 0) is 117 Å². The van der Waals surface area contributed by atoms with E-state index < -0.39 is 0 Å². The first-order chi connectivity index (χ1) is 24.7. The van der Waals surface area contributed by atoms with Gasteiger partial charge in [-0.1, -0.05) is 149 Å². The number of anilines is 3. The summed E-state index contributed by atoms with van der Waals surface area (Å²) in [5, 5.41) is 0. The van der Waals surface area contributed by atoms with E-state index in [9.17, 15) is 0 Å². The largest absolute Gasteiger partial charge is 0.310 e. The van der Waals surface area contributed by atoms with Gasteiger partial charge in [0.05, 0.1) is 5.69 Å². The first-order valence-corrected chi connectivity index (χ1v) is 18.2. The fourth-order valence-corrected chi connectivity index (χ4v) is 9.01. The van der Waals surface area contributed by atoms with Gasteiger partial charge in [-0.3, -0.25) is 0 Å². The first kappa shape index (κ1) is 31.3. The van der Waals surface area contributed by atoms with Gasteiger partial charge < -0.3 is 4.90 Å². The van der Waals surface area contributed by atoms with Crippen LogP contribution in [0.15, 0.2) is 152 Å². The van der Waals surface area contributed by atoms with Gasteiger partial charge in [0, 0.05) is 27.8 Å². The Morgan fingerprint density at radius 1 is 0.392 bits per heavy atom. The molecule has 51 heavy (non-hydrogen) atoms. The molecule has 248 valence electrons. The molecule has 0 aliphatic heterocycles. The summed E-state index contributed by atoms with van der Waals surface area (Å²) in [6, 6.07) is 56.3. The maximum absolute atomic E-state index is 2.46. The van der Waals surface area contributed by atoms with E-state index in [1.807, 2.05) is 0 Å². The van der Waals surface area contributed by atoms with Crippen LogP contribution < -0.4 is 4.90 Å². The zero-order valence-electron chi connectivity index (χ0n) is 30.4. The van der Waals surface area contributed by atoms with Gasteiger partial charge in [-0.25, -0.2) is 0 Å². The highest BCUT2D eigenvalue weighted by atomic mass is 15.1. The fourth-order valence-electron chi connectivity index (χ4n) is 9.01. The molecule has 0 atom stereocenters. The normalized spacial score (nSPS) is 14.4. The number of para-hydroxylation sites is 1. The van der Waals surface area contributed by atoms with Crippen molar-refractivity contribution < 1.29 is 0 Å². The smallest absolute Gasteiger partial charge is 0.0540 e. The number of rotatable bonds is 5. The topological polar surface area (TPSA) is 3.24 Å². The van der Waals surface area contributed by atoms with Crippen LogP contribution in [0.1, 0.15) is 61.1 Å². The molecule has 1 nitrogen and oxygen atoms in total. The predicted molar refractivity (Wildman–Crippen MR) is 217 cm³/mol. The van der Waals surface area contributed by atoms with E-state index in [1.54, 1.807) is 0 Å². The Morgan fingerprint density at radius 2 is 0.941 bits per heavy atom. The molecule has 0 saturated carbocycles. The molecule has 0 unspecified atom stereocenters. The Hall–Kier alpha value is -5.66. The van der Waals surface area contributed by atoms with E-state index in [0.29, 0.717) is 0 Å². The molecule has 0 radical (unpaired) electrons. The summed E-state index contributed by atoms with van der Waals surface area (Å²) in [5.74, 6) is 0. The third-order valence-corrected chi connectivity index (χ3v) is 11.9. The molecule has 0 bridgehead atoms. The lowest BCUT2D eigenvalue weighted by molar-refractivity contribution is 0.659. The molecule has 0 aromatic heterocycles. The van der Waals surface area contributed by atoms with Crippen molar-refractivity contribution in [3.05, 3.63) is 185 Å². The second-order valence-corrected chi connectivity index (χ2v) is 15.5. The second kappa shape index (κ2) is 11.4. The third kappa shape index (κ3) is 4.68. The van der Waals surface area contributed by atoms with Crippen LogP contribution in [0.5, 0.6) is 0 Å². The van der Waals surface area contributed by atoms with Gasteiger partial charge in [0.15, 0.2) is 0 Å². The van der Waals surface area contributed by atoms with Gasteiger partial charge in [-0.2, -0.15) is 0 Å². The highest BCUT2D eigenvalue weighted by Crippen LogP contribution is 2.54. The lowest BCUT2D eigenvalue weighted by Gasteiger charge is -2.30. The number of fused-ring (bicyclic) bond motifs is 6. The van der Waals surface area contributed by atoms with Gasteiger partial charge in [0.2, 0.25) is 0 Å². The van der Waals surface area contributed by atoms with E-state index in [0.717, 1.165) is 17.1 Å². The molecule has 0 saturated heterocycles. The van der Waals surface area contributed by atoms with Crippen molar-refractivity contribution in [2.75, 3.05) is 4.90 Å². The molecule has 2 aliphatic carbocycles. The highest BCUT2D eigenvalue weighted by Gasteiger charge is 2.38. The predicted octanol–water partition coefficient (Wildman–Crippen LogP) is 13.7. The van der Waals surface area contributed by atoms with E-state index in [1.165, 1.54) is 77.9 Å². The van der Waals surface area contributed by atoms with Crippen LogP contribution in [-0.2, 0) is 10.8 Å². The number of hydrogen-bond donors (Lipinski definition) is 0. The highest BCUT2D eigenvalue weighted by molar-refractivity contribution is 5.96. The van der Waals surface area contributed by atoms with Crippen molar-refractivity contribution in [3.8, 4) is 44.5 Å². The summed E-state index contributed by atoms with van der Waals surface area (Å²) >= 11 is 0. The number of benzene rings is 7. The zero-order valence-corrected chi connectivity index (χ0v) is 30.4. The maximum Gasteiger partial charge on any atom is 0.0540 e. The van der Waals surface area contributed by atoms with Crippen LogP contribution in [0.3, 0.4) is 0 Å². The van der Waals surface area contributed by atoms with Crippen molar-refractivity contribution >= 4 is 17.1 Å². The average Bonchev–Trinajstić information content (AvgIpc) is 3.52. The van der Waals surface area contributed by atoms with E-state index in [-0.39, 0.29) is 10.8 Å². The van der Waals surface area contributed by atoms with Crippen molar-refractivity contribution in [1.82, 2.24) is 0 Å². The van der Waals surface area contributed by atoms with E-state index >= 15 is 0 Å². The van der Waals surface area contributed by atoms with E-state index in [2.05, 4.69) is 198 Å². The Labute approximate surface area is 302 Å². The van der Waals surface area contributed by atoms with Crippen LogP contribution in [0.25, 0.3) is 44.5 Å². The quantitative estimate of drug-likeness (QED) is 0.178. The molecule has 0 N–H and O–H groups in total. The summed E-state index contributed by atoms with van der Waals surface area (Å²) in [6.07, 6.45) is 0. The summed E-state index contributed by atoms with van der Waals surface area (Å²) in [6.45, 7) is 14.0. The monoisotopic (exact) mass is 657 g/mol. The van der Waals surface area contributed by atoms with Gasteiger partial charge >= 0.3 is 0 Å². The lowest BCUT2D eigenvalue weighted by Crippen LogP contribution is -2.17. The molecule has 0 heterocycles. The van der Waals surface area contributed by atoms with Crippen LogP contribution in [0, 0.1) is 13.8 Å². The molecular weight excluding hydrogens is 615 g/mol. The number of hydrogen-bond acceptors (Lipinski definition) is 1. The van der Waals surface area contributed by atoms with Crippen LogP contribution in [0.4, 0.5) is 17.1 Å². The van der Waals surface area contributed by atoms with Crippen LogP contribution >= 0.6 is 0 Å². The Balaban J connectivity index is 1.23. The van der Waals surface area contributed by atoms with Gasteiger partial charge in [0.1, 0.15) is 0 Å². The second-order valence-electron chi connectivity index (χ2n) is 15.5. The number of nitrogens with zero attached hydrogens (tertiary/aromatic N) is 1. The molecule has 7 aromatic rings. The van der Waals surface area contributed by atoms with Crippen LogP contribution in [-0.4, -0.2) is 0 Å². The van der Waals surface area contributed by atoms with Crippen molar-refractivity contribution in [1.29, 1.82) is 0 Å². The molecule has 0 fully saturated rings. The molecule has 0 spiro atoms. The minimum absolute atomic E-state index is 0.0436. The molecular formula is C50H43N. The minimum atomic E-state index is -0.0937. The zero-order chi connectivity index (χ0) is 35.1. The number of aryl methyl sites for hydroxylation is 1. The van der Waals surface area contributed by atoms with Crippen molar-refractivity contribution in [2.45, 2.75) is 52.4 Å². The molecule has 7 aromatic carbocycles. The Kier molecular flexibility index (Phi) is 7.03. The van der Waals surface area contributed by atoms with Crippen LogP contribution in [0.2, 0.25) is 0 Å². The molecule has 1 heteroatoms. The summed E-state index contributed by atoms with van der Waals surface area (Å²) in [4.78, 5) is 2.46. The van der Waals surface area contributed by atoms with E-state index in [4.69, 9.17) is 0 Å². The SMILES string of the molecule is Cc1cc2c(c(-c3ccc(N(c4ccc5c(c4)C(C)(C)c4ccccc4-5)c4ccccc4-c4ccccc4)cc3)c1C)-c1ccccc1C2(C)C. The first-order valence-electron chi connectivity index (χ1n) is 18.2. The maximum atomic E-state index is 2.46. The Morgan fingerprint density at radius 3 is 1.67 bits per heavy atom. The standard InChI is InChI=1S/C50H43N/c1-32-30-45-48(41-20-11-14-22-43(41)50(45,5)6)47(33(32)2)35-24-26-36(27-25-35)51(46-23-15-12-18-38(46)34-16-8-7-9-17-34)37-28-29-40-39-19-10-13-21-42(39)49(3,4)44(40)31-37/h7-31H,1-6H3. The molecule has 9 rings (SSSR count). The van der Waals surface area contributed by atoms with Crippen molar-refractivity contribution in [2.24, 2.45) is 0 Å². The lowest BCUT2D eigenvalue weighted by atomic mass is 9.80. The molecule has 2 aliphatic rings. The average molecular weight is 658 g/mol. The summed E-state index contributed by atoms with van der Waals surface area (Å²) in [7, 11) is 0.